The Bertz CT molecular complexity index is 1300. The Morgan fingerprint density at radius 3 is 1.97 bits per heavy atom. The maximum absolute atomic E-state index is 5.07. The fourth-order valence-corrected chi connectivity index (χ4v) is 5.38. The van der Waals surface area contributed by atoms with E-state index >= 15 is 0 Å². The molecule has 4 aromatic carbocycles. The molecular weight excluding hydrogens is 422 g/mol. The first-order chi connectivity index (χ1) is 16.3. The zero-order valence-corrected chi connectivity index (χ0v) is 18.8. The Kier molecular flexibility index (Phi) is 5.21. The van der Waals surface area contributed by atoms with Crippen LogP contribution < -0.4 is 10.6 Å². The van der Waals surface area contributed by atoms with Gasteiger partial charge in [-0.1, -0.05) is 109 Å². The second kappa shape index (κ2) is 8.64. The first-order valence-electron chi connectivity index (χ1n) is 11.1. The third-order valence-electron chi connectivity index (χ3n) is 5.97. The highest BCUT2D eigenvalue weighted by Crippen LogP contribution is 2.46. The van der Waals surface area contributed by atoms with E-state index in [1.54, 1.807) is 0 Å². The molecule has 4 aromatic rings. The quantitative estimate of drug-likeness (QED) is 0.354. The molecule has 0 bridgehead atoms. The normalized spacial score (nSPS) is 19.0. The van der Waals surface area contributed by atoms with Gasteiger partial charge in [0.2, 0.25) is 0 Å². The largest absolute Gasteiger partial charge is 0.368 e. The van der Waals surface area contributed by atoms with E-state index in [1.807, 2.05) is 23.9 Å². The second-order valence-corrected chi connectivity index (χ2v) is 9.30. The van der Waals surface area contributed by atoms with E-state index in [-0.39, 0.29) is 11.5 Å². The van der Waals surface area contributed by atoms with Crippen LogP contribution in [0.4, 0.5) is 5.69 Å². The molecule has 160 valence electrons. The fraction of sp³-hybridized carbons (Fsp3) is 0.0690. The number of benzene rings is 4. The van der Waals surface area contributed by atoms with Gasteiger partial charge in [-0.2, -0.15) is 0 Å². The highest BCUT2D eigenvalue weighted by molar-refractivity contribution is 8.00. The maximum Gasteiger partial charge on any atom is 0.145 e. The molecule has 6 rings (SSSR count). The van der Waals surface area contributed by atoms with Crippen molar-refractivity contribution in [1.82, 2.24) is 5.32 Å². The molecule has 3 nitrogen and oxygen atoms in total. The number of nitrogens with one attached hydrogen (secondary N) is 2. The molecule has 0 amide bonds. The number of rotatable bonds is 4. The van der Waals surface area contributed by atoms with Crippen LogP contribution in [0.1, 0.15) is 33.8 Å². The summed E-state index contributed by atoms with van der Waals surface area (Å²) in [7, 11) is 0. The summed E-state index contributed by atoms with van der Waals surface area (Å²) >= 11 is 1.86. The molecule has 0 aliphatic carbocycles. The molecular formula is C29H23N3S. The van der Waals surface area contributed by atoms with Crippen molar-refractivity contribution in [2.24, 2.45) is 4.99 Å². The molecule has 2 N–H and O–H groups in total. The van der Waals surface area contributed by atoms with Gasteiger partial charge in [0.1, 0.15) is 11.5 Å². The topological polar surface area (TPSA) is 36.4 Å². The summed E-state index contributed by atoms with van der Waals surface area (Å²) in [4.78, 5) is 6.37. The SMILES string of the molecule is C1=C(c2ccccc2)NC(c2ccc(C3Nc4ccccc4S3)cc2)N=C1c1ccccc1. The molecule has 0 fully saturated rings. The molecule has 2 atom stereocenters. The summed E-state index contributed by atoms with van der Waals surface area (Å²) in [5.41, 5.74) is 7.98. The Morgan fingerprint density at radius 2 is 1.24 bits per heavy atom. The number of anilines is 1. The van der Waals surface area contributed by atoms with Gasteiger partial charge in [-0.05, 0) is 40.5 Å². The van der Waals surface area contributed by atoms with Crippen molar-refractivity contribution in [1.29, 1.82) is 0 Å². The summed E-state index contributed by atoms with van der Waals surface area (Å²) in [5.74, 6) is 0. The zero-order valence-electron chi connectivity index (χ0n) is 18.0. The Morgan fingerprint density at radius 1 is 0.606 bits per heavy atom. The molecule has 2 aliphatic rings. The fourth-order valence-electron chi connectivity index (χ4n) is 4.23. The van der Waals surface area contributed by atoms with Gasteiger partial charge >= 0.3 is 0 Å². The van der Waals surface area contributed by atoms with E-state index < -0.39 is 0 Å². The number of fused-ring (bicyclic) bond motifs is 1. The van der Waals surface area contributed by atoms with E-state index in [0.717, 1.165) is 28.1 Å². The Hall–Kier alpha value is -3.76. The average molecular weight is 446 g/mol. The highest BCUT2D eigenvalue weighted by atomic mass is 32.2. The first-order valence-corrected chi connectivity index (χ1v) is 12.0. The third kappa shape index (κ3) is 4.06. The average Bonchev–Trinajstić information content (AvgIpc) is 3.34. The van der Waals surface area contributed by atoms with Crippen LogP contribution in [-0.4, -0.2) is 5.71 Å². The molecule has 0 saturated carbocycles. The van der Waals surface area contributed by atoms with E-state index in [2.05, 4.69) is 114 Å². The van der Waals surface area contributed by atoms with E-state index in [0.29, 0.717) is 0 Å². The number of hydrogen-bond acceptors (Lipinski definition) is 4. The molecule has 0 aromatic heterocycles. The summed E-state index contributed by atoms with van der Waals surface area (Å²) in [6.07, 6.45) is 2.00. The standard InChI is InChI=1S/C29H23N3S/c1-3-9-20(10-4-1)25-19-26(21-11-5-2-6-12-21)31-28(30-25)22-15-17-23(18-16-22)29-32-24-13-7-8-14-27(24)33-29/h1-19,28-30,32H. The van der Waals surface area contributed by atoms with Crippen molar-refractivity contribution < 1.29 is 0 Å². The lowest BCUT2D eigenvalue weighted by Gasteiger charge is -2.25. The predicted molar refractivity (Wildman–Crippen MR) is 138 cm³/mol. The number of aliphatic imine (C=N–C) groups is 1. The van der Waals surface area contributed by atoms with Crippen LogP contribution in [0.5, 0.6) is 0 Å². The minimum atomic E-state index is -0.143. The number of para-hydroxylation sites is 1. The van der Waals surface area contributed by atoms with Crippen molar-refractivity contribution in [3.05, 3.63) is 138 Å². The van der Waals surface area contributed by atoms with Gasteiger partial charge in [0, 0.05) is 16.3 Å². The predicted octanol–water partition coefficient (Wildman–Crippen LogP) is 7.04. The van der Waals surface area contributed by atoms with Crippen LogP contribution in [0.25, 0.3) is 5.70 Å². The van der Waals surface area contributed by atoms with Crippen molar-refractivity contribution in [2.75, 3.05) is 5.32 Å². The monoisotopic (exact) mass is 445 g/mol. The summed E-state index contributed by atoms with van der Waals surface area (Å²) in [6.45, 7) is 0. The highest BCUT2D eigenvalue weighted by Gasteiger charge is 2.23. The molecule has 2 heterocycles. The summed E-state index contributed by atoms with van der Waals surface area (Å²) < 4.78 is 0. The number of allylic oxidation sites excluding steroid dienone is 1. The van der Waals surface area contributed by atoms with Crippen LogP contribution in [0.2, 0.25) is 0 Å². The minimum absolute atomic E-state index is 0.143. The lowest BCUT2D eigenvalue weighted by atomic mass is 10.0. The van der Waals surface area contributed by atoms with Crippen molar-refractivity contribution >= 4 is 28.9 Å². The lowest BCUT2D eigenvalue weighted by molar-refractivity contribution is 0.663. The van der Waals surface area contributed by atoms with Gasteiger partial charge < -0.3 is 10.6 Å². The van der Waals surface area contributed by atoms with E-state index in [1.165, 1.54) is 16.1 Å². The summed E-state index contributed by atoms with van der Waals surface area (Å²) in [6, 6.07) is 38.1. The van der Waals surface area contributed by atoms with Crippen LogP contribution in [0.15, 0.2) is 125 Å². The van der Waals surface area contributed by atoms with Crippen LogP contribution in [-0.2, 0) is 0 Å². The molecule has 4 heteroatoms. The molecule has 0 radical (unpaired) electrons. The van der Waals surface area contributed by atoms with Gasteiger partial charge in [0.25, 0.3) is 0 Å². The van der Waals surface area contributed by atoms with Crippen LogP contribution >= 0.6 is 11.8 Å². The van der Waals surface area contributed by atoms with Gasteiger partial charge in [-0.15, -0.1) is 0 Å². The van der Waals surface area contributed by atoms with Crippen molar-refractivity contribution in [3.8, 4) is 0 Å². The van der Waals surface area contributed by atoms with Crippen LogP contribution in [0, 0.1) is 0 Å². The van der Waals surface area contributed by atoms with Gasteiger partial charge in [-0.3, -0.25) is 4.99 Å². The Labute approximate surface area is 198 Å². The van der Waals surface area contributed by atoms with Gasteiger partial charge in [0.15, 0.2) is 0 Å². The number of nitrogens with zero attached hydrogens (tertiary/aromatic N) is 1. The minimum Gasteiger partial charge on any atom is -0.368 e. The zero-order chi connectivity index (χ0) is 22.0. The molecule has 0 saturated heterocycles. The Balaban J connectivity index is 1.30. The van der Waals surface area contributed by atoms with Crippen molar-refractivity contribution in [3.63, 3.8) is 0 Å². The lowest BCUT2D eigenvalue weighted by Crippen LogP contribution is -2.24. The van der Waals surface area contributed by atoms with E-state index in [4.69, 9.17) is 4.99 Å². The van der Waals surface area contributed by atoms with Crippen molar-refractivity contribution in [2.45, 2.75) is 16.4 Å². The van der Waals surface area contributed by atoms with Gasteiger partial charge in [-0.25, -0.2) is 0 Å². The molecule has 2 unspecified atom stereocenters. The third-order valence-corrected chi connectivity index (χ3v) is 7.20. The number of hydrogen-bond donors (Lipinski definition) is 2. The van der Waals surface area contributed by atoms with E-state index in [9.17, 15) is 0 Å². The molecule has 2 aliphatic heterocycles. The molecule has 0 spiro atoms. The first kappa shape index (κ1) is 19.9. The smallest absolute Gasteiger partial charge is 0.145 e. The summed E-state index contributed by atoms with van der Waals surface area (Å²) in [5, 5.41) is 7.49. The van der Waals surface area contributed by atoms with Crippen LogP contribution in [0.3, 0.4) is 0 Å². The van der Waals surface area contributed by atoms with Gasteiger partial charge in [0.05, 0.1) is 5.71 Å². The second-order valence-electron chi connectivity index (χ2n) is 8.16. The number of thioether (sulfide) groups is 1. The maximum atomic E-state index is 5.07. The molecule has 33 heavy (non-hydrogen) atoms.